The van der Waals surface area contributed by atoms with Crippen molar-refractivity contribution in [1.29, 1.82) is 0 Å². The summed E-state index contributed by atoms with van der Waals surface area (Å²) >= 11 is 0. The van der Waals surface area contributed by atoms with Crippen LogP contribution < -0.4 is 0 Å². The summed E-state index contributed by atoms with van der Waals surface area (Å²) in [6, 6.07) is 0. The van der Waals surface area contributed by atoms with Crippen molar-refractivity contribution in [1.82, 2.24) is 4.90 Å². The van der Waals surface area contributed by atoms with Crippen molar-refractivity contribution in [3.8, 4) is 0 Å². The molecule has 1 atom stereocenters. The van der Waals surface area contributed by atoms with Gasteiger partial charge in [-0.1, -0.05) is 6.08 Å². The molecule has 4 heteroatoms. The number of ketones is 1. The fraction of sp³-hybridized carbons (Fsp3) is 0.692. The second kappa shape index (κ2) is 5.34. The zero-order chi connectivity index (χ0) is 13.1. The SMILES string of the molecule is C/C=C/C(=O)C1CCN(C(=O)OC(C)(C)C)C1. The summed E-state index contributed by atoms with van der Waals surface area (Å²) in [5, 5.41) is 0. The lowest BCUT2D eigenvalue weighted by Crippen LogP contribution is -2.35. The molecule has 1 aliphatic rings. The van der Waals surface area contributed by atoms with E-state index in [0.29, 0.717) is 13.1 Å². The van der Waals surface area contributed by atoms with E-state index in [9.17, 15) is 9.59 Å². The molecule has 1 aliphatic heterocycles. The Balaban J connectivity index is 2.50. The van der Waals surface area contributed by atoms with Crippen molar-refractivity contribution in [3.05, 3.63) is 12.2 Å². The van der Waals surface area contributed by atoms with E-state index >= 15 is 0 Å². The van der Waals surface area contributed by atoms with E-state index in [4.69, 9.17) is 4.74 Å². The quantitative estimate of drug-likeness (QED) is 0.695. The Morgan fingerprint density at radius 2 is 2.00 bits per heavy atom. The third-order valence-corrected chi connectivity index (χ3v) is 2.57. The van der Waals surface area contributed by atoms with E-state index < -0.39 is 5.60 Å². The Labute approximate surface area is 103 Å². The first kappa shape index (κ1) is 13.7. The number of carbonyl (C=O) groups excluding carboxylic acids is 2. The second-order valence-electron chi connectivity index (χ2n) is 5.31. The molecule has 1 heterocycles. The number of likely N-dealkylation sites (tertiary alicyclic amines) is 1. The number of allylic oxidation sites excluding steroid dienone is 2. The van der Waals surface area contributed by atoms with E-state index in [1.807, 2.05) is 27.7 Å². The number of nitrogens with zero attached hydrogens (tertiary/aromatic N) is 1. The molecule has 0 aromatic carbocycles. The highest BCUT2D eigenvalue weighted by Gasteiger charge is 2.32. The van der Waals surface area contributed by atoms with Gasteiger partial charge >= 0.3 is 6.09 Å². The first-order valence-corrected chi connectivity index (χ1v) is 5.98. The molecule has 0 spiro atoms. The zero-order valence-corrected chi connectivity index (χ0v) is 11.0. The minimum absolute atomic E-state index is 0.0706. The first-order valence-electron chi connectivity index (χ1n) is 5.98. The molecule has 0 bridgehead atoms. The van der Waals surface area contributed by atoms with Gasteiger partial charge in [0.05, 0.1) is 0 Å². The summed E-state index contributed by atoms with van der Waals surface area (Å²) in [7, 11) is 0. The first-order chi connectivity index (χ1) is 7.83. The molecule has 1 saturated heterocycles. The van der Waals surface area contributed by atoms with Gasteiger partial charge in [0.2, 0.25) is 0 Å². The van der Waals surface area contributed by atoms with Gasteiger partial charge in [0.25, 0.3) is 0 Å². The van der Waals surface area contributed by atoms with Crippen molar-refractivity contribution in [3.63, 3.8) is 0 Å². The molecule has 0 aromatic heterocycles. The molecule has 0 N–H and O–H groups in total. The number of carbonyl (C=O) groups is 2. The third kappa shape index (κ3) is 4.21. The molecule has 0 radical (unpaired) electrons. The van der Waals surface area contributed by atoms with Crippen molar-refractivity contribution in [2.75, 3.05) is 13.1 Å². The average Bonchev–Trinajstić information content (AvgIpc) is 2.63. The van der Waals surface area contributed by atoms with Crippen molar-refractivity contribution < 1.29 is 14.3 Å². The van der Waals surface area contributed by atoms with Gasteiger partial charge in [-0.15, -0.1) is 0 Å². The van der Waals surface area contributed by atoms with Crippen LogP contribution in [0.25, 0.3) is 0 Å². The minimum atomic E-state index is -0.484. The van der Waals surface area contributed by atoms with E-state index in [0.717, 1.165) is 6.42 Å². The van der Waals surface area contributed by atoms with Crippen LogP contribution >= 0.6 is 0 Å². The molecular formula is C13H21NO3. The second-order valence-corrected chi connectivity index (χ2v) is 5.31. The molecule has 0 aliphatic carbocycles. The molecule has 0 aromatic rings. The van der Waals surface area contributed by atoms with Crippen molar-refractivity contribution in [2.24, 2.45) is 5.92 Å². The summed E-state index contributed by atoms with van der Waals surface area (Å²) in [4.78, 5) is 25.0. The molecule has 17 heavy (non-hydrogen) atoms. The van der Waals surface area contributed by atoms with Crippen LogP contribution in [0.4, 0.5) is 4.79 Å². The molecule has 96 valence electrons. The highest BCUT2D eigenvalue weighted by molar-refractivity contribution is 5.92. The summed E-state index contributed by atoms with van der Waals surface area (Å²) in [6.45, 7) is 8.40. The van der Waals surface area contributed by atoms with Crippen molar-refractivity contribution in [2.45, 2.75) is 39.7 Å². The fourth-order valence-electron chi connectivity index (χ4n) is 1.79. The predicted molar refractivity (Wildman–Crippen MR) is 65.7 cm³/mol. The molecule has 1 amide bonds. The van der Waals surface area contributed by atoms with Crippen LogP contribution in [0.5, 0.6) is 0 Å². The lowest BCUT2D eigenvalue weighted by Gasteiger charge is -2.24. The highest BCUT2D eigenvalue weighted by Crippen LogP contribution is 2.20. The van der Waals surface area contributed by atoms with Gasteiger partial charge in [0.15, 0.2) is 5.78 Å². The fourth-order valence-corrected chi connectivity index (χ4v) is 1.79. The standard InChI is InChI=1S/C13H21NO3/c1-5-6-11(15)10-7-8-14(9-10)12(16)17-13(2,3)4/h5-6,10H,7-9H2,1-4H3/b6-5+. The maximum atomic E-state index is 11.8. The Kier molecular flexibility index (Phi) is 4.32. The monoisotopic (exact) mass is 239 g/mol. The van der Waals surface area contributed by atoms with E-state index in [-0.39, 0.29) is 17.8 Å². The number of rotatable bonds is 2. The summed E-state index contributed by atoms with van der Waals surface area (Å²) in [5.74, 6) is 0.0253. The van der Waals surface area contributed by atoms with E-state index in [2.05, 4.69) is 0 Å². The Morgan fingerprint density at radius 3 is 2.53 bits per heavy atom. The number of amides is 1. The maximum absolute atomic E-state index is 11.8. The summed E-state index contributed by atoms with van der Waals surface area (Å²) in [6.07, 6.45) is 3.71. The van der Waals surface area contributed by atoms with Crippen LogP contribution in [-0.4, -0.2) is 35.5 Å². The highest BCUT2D eigenvalue weighted by atomic mass is 16.6. The molecule has 1 unspecified atom stereocenters. The Bertz CT molecular complexity index is 328. The summed E-state index contributed by atoms with van der Waals surface area (Å²) < 4.78 is 5.27. The molecule has 1 fully saturated rings. The van der Waals surface area contributed by atoms with Crippen LogP contribution in [0, 0.1) is 5.92 Å². The van der Waals surface area contributed by atoms with Gasteiger partial charge in [0.1, 0.15) is 5.60 Å². The number of ether oxygens (including phenoxy) is 1. The van der Waals surface area contributed by atoms with Crippen LogP contribution in [0.15, 0.2) is 12.2 Å². The third-order valence-electron chi connectivity index (χ3n) is 2.57. The zero-order valence-electron chi connectivity index (χ0n) is 11.0. The molecular weight excluding hydrogens is 218 g/mol. The predicted octanol–water partition coefficient (Wildman–Crippen LogP) is 2.39. The van der Waals surface area contributed by atoms with E-state index in [1.165, 1.54) is 0 Å². The van der Waals surface area contributed by atoms with Gasteiger partial charge in [-0.25, -0.2) is 4.79 Å². The normalized spacial score (nSPS) is 20.9. The smallest absolute Gasteiger partial charge is 0.410 e. The average molecular weight is 239 g/mol. The molecule has 1 rings (SSSR count). The number of hydrogen-bond acceptors (Lipinski definition) is 3. The maximum Gasteiger partial charge on any atom is 0.410 e. The Morgan fingerprint density at radius 1 is 1.35 bits per heavy atom. The van der Waals surface area contributed by atoms with Gasteiger partial charge < -0.3 is 9.64 Å². The van der Waals surface area contributed by atoms with Crippen LogP contribution in [0.3, 0.4) is 0 Å². The molecule has 0 saturated carbocycles. The van der Waals surface area contributed by atoms with Crippen LogP contribution in [0.1, 0.15) is 34.1 Å². The number of hydrogen-bond donors (Lipinski definition) is 0. The van der Waals surface area contributed by atoms with Crippen LogP contribution in [0.2, 0.25) is 0 Å². The van der Waals surface area contributed by atoms with Crippen LogP contribution in [-0.2, 0) is 9.53 Å². The van der Waals surface area contributed by atoms with Gasteiger partial charge in [-0.05, 0) is 40.2 Å². The lowest BCUT2D eigenvalue weighted by molar-refractivity contribution is -0.117. The topological polar surface area (TPSA) is 46.6 Å². The summed E-state index contributed by atoms with van der Waals surface area (Å²) in [5.41, 5.74) is -0.484. The van der Waals surface area contributed by atoms with E-state index in [1.54, 1.807) is 17.1 Å². The molecule has 4 nitrogen and oxygen atoms in total. The van der Waals surface area contributed by atoms with Crippen molar-refractivity contribution >= 4 is 11.9 Å². The Hall–Kier alpha value is -1.32. The van der Waals surface area contributed by atoms with Gasteiger partial charge in [-0.3, -0.25) is 4.79 Å². The lowest BCUT2D eigenvalue weighted by atomic mass is 10.0. The van der Waals surface area contributed by atoms with Gasteiger partial charge in [-0.2, -0.15) is 0 Å². The largest absolute Gasteiger partial charge is 0.444 e. The minimum Gasteiger partial charge on any atom is -0.444 e. The van der Waals surface area contributed by atoms with Gasteiger partial charge in [0, 0.05) is 19.0 Å².